The van der Waals surface area contributed by atoms with E-state index in [4.69, 9.17) is 0 Å². The van der Waals surface area contributed by atoms with E-state index in [0.29, 0.717) is 12.1 Å². The van der Waals surface area contributed by atoms with Crippen LogP contribution in [0.4, 0.5) is 18.9 Å². The maximum Gasteiger partial charge on any atom is 0.416 e. The largest absolute Gasteiger partial charge is 0.478 e. The molecule has 2 aliphatic rings. The third kappa shape index (κ3) is 2.66. The Morgan fingerprint density at radius 2 is 1.88 bits per heavy atom. The van der Waals surface area contributed by atoms with Gasteiger partial charge in [0.2, 0.25) is 0 Å². The first-order valence-electron chi connectivity index (χ1n) is 8.33. The van der Waals surface area contributed by atoms with Crippen LogP contribution in [-0.2, 0) is 6.18 Å². The average molecular weight is 359 g/mol. The number of halogens is 3. The SMILES string of the molecule is O=C(O)c1ccc2c(c1)[C@@H]1C=CC[C@@H]1[C@@H](c1ccccc1C(F)(F)F)N2. The lowest BCUT2D eigenvalue weighted by atomic mass is 9.75. The summed E-state index contributed by atoms with van der Waals surface area (Å²) >= 11 is 0. The second-order valence-corrected chi connectivity index (χ2v) is 6.67. The fourth-order valence-corrected chi connectivity index (χ4v) is 4.06. The Morgan fingerprint density at radius 3 is 2.62 bits per heavy atom. The average Bonchev–Trinajstić information content (AvgIpc) is 3.10. The first kappa shape index (κ1) is 16.7. The van der Waals surface area contributed by atoms with Gasteiger partial charge in [-0.3, -0.25) is 0 Å². The van der Waals surface area contributed by atoms with Gasteiger partial charge in [0.1, 0.15) is 0 Å². The molecule has 0 unspecified atom stereocenters. The number of fused-ring (bicyclic) bond motifs is 3. The molecule has 4 rings (SSSR count). The number of carbonyl (C=O) groups is 1. The number of nitrogens with one attached hydrogen (secondary N) is 1. The van der Waals surface area contributed by atoms with Crippen molar-refractivity contribution in [2.75, 3.05) is 5.32 Å². The Balaban J connectivity index is 1.81. The molecule has 0 radical (unpaired) electrons. The third-order valence-corrected chi connectivity index (χ3v) is 5.21. The number of rotatable bonds is 2. The molecule has 1 aliphatic carbocycles. The topological polar surface area (TPSA) is 49.3 Å². The molecular formula is C20H16F3NO2. The second-order valence-electron chi connectivity index (χ2n) is 6.67. The number of aromatic carboxylic acids is 1. The van der Waals surface area contributed by atoms with Crippen molar-refractivity contribution >= 4 is 11.7 Å². The predicted octanol–water partition coefficient (Wildman–Crippen LogP) is 5.23. The number of alkyl halides is 3. The first-order chi connectivity index (χ1) is 12.4. The van der Waals surface area contributed by atoms with Gasteiger partial charge in [-0.25, -0.2) is 4.79 Å². The Kier molecular flexibility index (Phi) is 3.79. The maximum absolute atomic E-state index is 13.5. The molecule has 2 N–H and O–H groups in total. The Hall–Kier alpha value is -2.76. The second kappa shape index (κ2) is 5.90. The number of carboxylic acids is 1. The monoisotopic (exact) mass is 359 g/mol. The van der Waals surface area contributed by atoms with Crippen molar-refractivity contribution in [3.63, 3.8) is 0 Å². The van der Waals surface area contributed by atoms with Gasteiger partial charge in [-0.15, -0.1) is 0 Å². The number of hydrogen-bond donors (Lipinski definition) is 2. The third-order valence-electron chi connectivity index (χ3n) is 5.21. The van der Waals surface area contributed by atoms with Crippen LogP contribution < -0.4 is 5.32 Å². The molecule has 3 nitrogen and oxygen atoms in total. The summed E-state index contributed by atoms with van der Waals surface area (Å²) in [5, 5.41) is 12.4. The van der Waals surface area contributed by atoms with E-state index in [-0.39, 0.29) is 23.0 Å². The van der Waals surface area contributed by atoms with Crippen molar-refractivity contribution < 1.29 is 23.1 Å². The fourth-order valence-electron chi connectivity index (χ4n) is 4.06. The van der Waals surface area contributed by atoms with E-state index in [1.807, 2.05) is 12.2 Å². The highest BCUT2D eigenvalue weighted by Crippen LogP contribution is 2.51. The van der Waals surface area contributed by atoms with E-state index in [0.717, 1.165) is 11.6 Å². The summed E-state index contributed by atoms with van der Waals surface area (Å²) in [5.41, 5.74) is 1.29. The quantitative estimate of drug-likeness (QED) is 0.722. The molecular weight excluding hydrogens is 343 g/mol. The molecule has 0 saturated heterocycles. The summed E-state index contributed by atoms with van der Waals surface area (Å²) in [7, 11) is 0. The van der Waals surface area contributed by atoms with E-state index in [9.17, 15) is 23.1 Å². The molecule has 2 aromatic rings. The number of allylic oxidation sites excluding steroid dienone is 2. The van der Waals surface area contributed by atoms with E-state index < -0.39 is 23.8 Å². The van der Waals surface area contributed by atoms with Gasteiger partial charge in [0, 0.05) is 11.6 Å². The van der Waals surface area contributed by atoms with Crippen LogP contribution in [0.1, 0.15) is 45.4 Å². The van der Waals surface area contributed by atoms with Crippen molar-refractivity contribution in [3.05, 3.63) is 76.9 Å². The summed E-state index contributed by atoms with van der Waals surface area (Å²) in [4.78, 5) is 11.3. The van der Waals surface area contributed by atoms with Crippen LogP contribution in [0.2, 0.25) is 0 Å². The Labute approximate surface area is 148 Å². The van der Waals surface area contributed by atoms with Gasteiger partial charge in [-0.1, -0.05) is 30.4 Å². The van der Waals surface area contributed by atoms with Crippen LogP contribution in [0.5, 0.6) is 0 Å². The summed E-state index contributed by atoms with van der Waals surface area (Å²) in [6.07, 6.45) is 0.153. The molecule has 26 heavy (non-hydrogen) atoms. The van der Waals surface area contributed by atoms with Gasteiger partial charge in [0.25, 0.3) is 0 Å². The molecule has 0 fully saturated rings. The van der Waals surface area contributed by atoms with Crippen molar-refractivity contribution in [2.24, 2.45) is 5.92 Å². The summed E-state index contributed by atoms with van der Waals surface area (Å²) in [5.74, 6) is -1.21. The van der Waals surface area contributed by atoms with Gasteiger partial charge >= 0.3 is 12.1 Å². The smallest absolute Gasteiger partial charge is 0.416 e. The minimum absolute atomic E-state index is 0.0879. The molecule has 134 valence electrons. The molecule has 6 heteroatoms. The molecule has 0 amide bonds. The molecule has 0 spiro atoms. The van der Waals surface area contributed by atoms with E-state index in [1.165, 1.54) is 18.2 Å². The minimum atomic E-state index is -4.42. The molecule has 3 atom stereocenters. The lowest BCUT2D eigenvalue weighted by Crippen LogP contribution is -2.31. The van der Waals surface area contributed by atoms with Gasteiger partial charge in [0.05, 0.1) is 17.2 Å². The van der Waals surface area contributed by atoms with E-state index >= 15 is 0 Å². The Bertz CT molecular complexity index is 904. The van der Waals surface area contributed by atoms with Crippen molar-refractivity contribution in [1.29, 1.82) is 0 Å². The highest BCUT2D eigenvalue weighted by molar-refractivity contribution is 5.89. The van der Waals surface area contributed by atoms with Gasteiger partial charge in [0.15, 0.2) is 0 Å². The number of benzene rings is 2. The van der Waals surface area contributed by atoms with Crippen LogP contribution >= 0.6 is 0 Å². The zero-order chi connectivity index (χ0) is 18.5. The Morgan fingerprint density at radius 1 is 1.12 bits per heavy atom. The summed E-state index contributed by atoms with van der Waals surface area (Å²) < 4.78 is 40.4. The van der Waals surface area contributed by atoms with Gasteiger partial charge in [-0.2, -0.15) is 13.2 Å². The molecule has 0 bridgehead atoms. The van der Waals surface area contributed by atoms with Crippen molar-refractivity contribution in [1.82, 2.24) is 0 Å². The summed E-state index contributed by atoms with van der Waals surface area (Å²) in [6, 6.07) is 9.88. The normalized spacial score (nSPS) is 23.9. The lowest BCUT2D eigenvalue weighted by molar-refractivity contribution is -0.138. The zero-order valence-electron chi connectivity index (χ0n) is 13.6. The lowest BCUT2D eigenvalue weighted by Gasteiger charge is -2.38. The van der Waals surface area contributed by atoms with E-state index in [1.54, 1.807) is 18.2 Å². The maximum atomic E-state index is 13.5. The molecule has 0 saturated carbocycles. The van der Waals surface area contributed by atoms with Crippen molar-refractivity contribution in [2.45, 2.75) is 24.6 Å². The minimum Gasteiger partial charge on any atom is -0.478 e. The predicted molar refractivity (Wildman–Crippen MR) is 91.2 cm³/mol. The van der Waals surface area contributed by atoms with Gasteiger partial charge < -0.3 is 10.4 Å². The van der Waals surface area contributed by atoms with Crippen LogP contribution in [0.3, 0.4) is 0 Å². The van der Waals surface area contributed by atoms with Crippen molar-refractivity contribution in [3.8, 4) is 0 Å². The summed E-state index contributed by atoms with van der Waals surface area (Å²) in [6.45, 7) is 0. The number of anilines is 1. The zero-order valence-corrected chi connectivity index (χ0v) is 13.6. The highest BCUT2D eigenvalue weighted by Gasteiger charge is 2.42. The number of hydrogen-bond acceptors (Lipinski definition) is 2. The fraction of sp³-hybridized carbons (Fsp3) is 0.250. The first-order valence-corrected chi connectivity index (χ1v) is 8.33. The number of carboxylic acid groups (broad SMARTS) is 1. The van der Waals surface area contributed by atoms with Crippen LogP contribution in [0.15, 0.2) is 54.6 Å². The van der Waals surface area contributed by atoms with Crippen LogP contribution in [0, 0.1) is 5.92 Å². The molecule has 0 aromatic heterocycles. The molecule has 2 aromatic carbocycles. The molecule has 1 aliphatic heterocycles. The highest BCUT2D eigenvalue weighted by atomic mass is 19.4. The van der Waals surface area contributed by atoms with Gasteiger partial charge in [-0.05, 0) is 47.7 Å². The van der Waals surface area contributed by atoms with E-state index in [2.05, 4.69) is 5.32 Å². The molecule has 1 heterocycles. The van der Waals surface area contributed by atoms with Crippen LogP contribution in [0.25, 0.3) is 0 Å². The van der Waals surface area contributed by atoms with Crippen LogP contribution in [-0.4, -0.2) is 11.1 Å². The standard InChI is InChI=1S/C20H16F3NO2/c21-20(22,23)16-7-2-1-4-14(16)18-13-6-3-5-12(13)15-10-11(19(25)26)8-9-17(15)24-18/h1-5,7-10,12-13,18,24H,6H2,(H,25,26)/t12-,13+,18+/m1/s1.